The van der Waals surface area contributed by atoms with E-state index in [0.717, 1.165) is 0 Å². The van der Waals surface area contributed by atoms with E-state index in [1.807, 2.05) is 0 Å². The third-order valence-corrected chi connectivity index (χ3v) is 0. The first kappa shape index (κ1) is 22.0. The maximum Gasteiger partial charge on any atom is 2.00 e. The zero-order valence-corrected chi connectivity index (χ0v) is 3.68. The SMILES string of the molecule is N[O-].[Cl-].[Mn+2]. The molecule has 0 saturated carbocycles. The second kappa shape index (κ2) is 52.2. The fraction of sp³-hybridized carbons (Fsp3) is 0. The Bertz CT molecular complexity index is 8.00. The smallest absolute Gasteiger partial charge is 1.00 e. The molecule has 0 rings (SSSR count). The minimum Gasteiger partial charge on any atom is -1.00 e. The Morgan fingerprint density at radius 3 is 1.25 bits per heavy atom. The van der Waals surface area contributed by atoms with Crippen molar-refractivity contribution in [3.63, 3.8) is 0 Å². The van der Waals surface area contributed by atoms with Gasteiger partial charge in [0.2, 0.25) is 0 Å². The van der Waals surface area contributed by atoms with Crippen molar-refractivity contribution in [3.05, 3.63) is 5.21 Å². The molecular weight excluding hydrogens is 120 g/mol. The van der Waals surface area contributed by atoms with Crippen LogP contribution in [0.2, 0.25) is 0 Å². The van der Waals surface area contributed by atoms with Gasteiger partial charge in [0.25, 0.3) is 0 Å². The molecule has 0 aliphatic heterocycles. The third kappa shape index (κ3) is 15.3. The summed E-state index contributed by atoms with van der Waals surface area (Å²) in [6.45, 7) is 0. The van der Waals surface area contributed by atoms with Crippen molar-refractivity contribution >= 4 is 0 Å². The largest absolute Gasteiger partial charge is 2.00 e. The van der Waals surface area contributed by atoms with Crippen molar-refractivity contribution in [3.8, 4) is 0 Å². The minimum absolute atomic E-state index is 0. The van der Waals surface area contributed by atoms with Crippen molar-refractivity contribution in [2.45, 2.75) is 0 Å². The molecule has 0 aliphatic rings. The summed E-state index contributed by atoms with van der Waals surface area (Å²) >= 11 is 0. The first-order valence-corrected chi connectivity index (χ1v) is 0.236. The van der Waals surface area contributed by atoms with Gasteiger partial charge in [-0.25, -0.2) is 0 Å². The molecule has 0 aromatic heterocycles. The van der Waals surface area contributed by atoms with Crippen LogP contribution >= 0.6 is 0 Å². The zero-order valence-electron chi connectivity index (χ0n) is 1.74. The van der Waals surface area contributed by atoms with Crippen molar-refractivity contribution in [2.75, 3.05) is 0 Å². The summed E-state index contributed by atoms with van der Waals surface area (Å²) < 4.78 is 0. The molecule has 0 amide bonds. The van der Waals surface area contributed by atoms with Gasteiger partial charge >= 0.3 is 17.1 Å². The van der Waals surface area contributed by atoms with Crippen LogP contribution in [0.4, 0.5) is 0 Å². The fourth-order valence-electron chi connectivity index (χ4n) is 0. The molecule has 0 aliphatic carbocycles. The molecule has 0 fully saturated rings. The maximum atomic E-state index is 7.75. The summed E-state index contributed by atoms with van der Waals surface area (Å²) in [4.78, 5) is 0. The molecule has 0 saturated heterocycles. The molecule has 27 valence electrons. The minimum atomic E-state index is 0. The summed E-state index contributed by atoms with van der Waals surface area (Å²) in [5, 5.41) is 7.75. The molecule has 0 unspecified atom stereocenters. The van der Waals surface area contributed by atoms with Gasteiger partial charge < -0.3 is 23.5 Å². The molecule has 2 N–H and O–H groups in total. The van der Waals surface area contributed by atoms with Gasteiger partial charge in [0.05, 0.1) is 0 Å². The van der Waals surface area contributed by atoms with Crippen molar-refractivity contribution in [1.82, 2.24) is 0 Å². The quantitative estimate of drug-likeness (QED) is 0.267. The Morgan fingerprint density at radius 2 is 1.25 bits per heavy atom. The van der Waals surface area contributed by atoms with Gasteiger partial charge in [-0.1, -0.05) is 0 Å². The maximum absolute atomic E-state index is 7.75. The van der Waals surface area contributed by atoms with Gasteiger partial charge in [-0.15, -0.1) is 0 Å². The van der Waals surface area contributed by atoms with E-state index in [9.17, 15) is 0 Å². The predicted octanol–water partition coefficient (Wildman–Crippen LogP) is -3.56. The molecule has 0 atom stereocenters. The van der Waals surface area contributed by atoms with Crippen LogP contribution in [0.25, 0.3) is 0 Å². The first-order chi connectivity index (χ1) is 1.00. The first-order valence-electron chi connectivity index (χ1n) is 0.236. The van der Waals surface area contributed by atoms with Crippen LogP contribution in [0.5, 0.6) is 0 Å². The summed E-state index contributed by atoms with van der Waals surface area (Å²) in [6.07, 6.45) is 0. The van der Waals surface area contributed by atoms with Crippen LogP contribution in [0.15, 0.2) is 0 Å². The van der Waals surface area contributed by atoms with Gasteiger partial charge in [-0.2, -0.15) is 0 Å². The van der Waals surface area contributed by atoms with Gasteiger partial charge in [0.15, 0.2) is 0 Å². The normalized spacial score (nSPS) is 1.50. The van der Waals surface area contributed by atoms with Crippen LogP contribution in [0, 0.1) is 5.21 Å². The van der Waals surface area contributed by atoms with E-state index < -0.39 is 0 Å². The van der Waals surface area contributed by atoms with Crippen molar-refractivity contribution in [2.24, 2.45) is 5.90 Å². The van der Waals surface area contributed by atoms with Gasteiger partial charge in [-0.05, 0) is 0 Å². The summed E-state index contributed by atoms with van der Waals surface area (Å²) in [7, 11) is 0. The van der Waals surface area contributed by atoms with E-state index in [-0.39, 0.29) is 29.5 Å². The van der Waals surface area contributed by atoms with Gasteiger partial charge in [-0.3, -0.25) is 0 Å². The second-order valence-corrected chi connectivity index (χ2v) is 0. The standard InChI is InChI=1S/ClH.Mn.H2NO/c;;1-2/h1H;;1H2/q;+2;-1/p-1. The zero-order chi connectivity index (χ0) is 2.00. The van der Waals surface area contributed by atoms with Gasteiger partial charge in [0.1, 0.15) is 0 Å². The topological polar surface area (TPSA) is 49.1 Å². The number of rotatable bonds is 0. The molecule has 4 heteroatoms. The summed E-state index contributed by atoms with van der Waals surface area (Å²) in [5.74, 6) is 3.25. The summed E-state index contributed by atoms with van der Waals surface area (Å²) in [5.41, 5.74) is 0. The molecule has 0 heterocycles. The molecule has 0 spiro atoms. The third-order valence-electron chi connectivity index (χ3n) is 0. The Hall–Kier alpha value is 0.729. The van der Waals surface area contributed by atoms with Crippen molar-refractivity contribution in [1.29, 1.82) is 0 Å². The number of hydrogen-bond acceptors (Lipinski definition) is 2. The Kier molecular flexibility index (Phi) is 287. The number of halogens is 1. The second-order valence-electron chi connectivity index (χ2n) is 0. The van der Waals surface area contributed by atoms with E-state index in [0.29, 0.717) is 0 Å². The molecule has 2 nitrogen and oxygen atoms in total. The monoisotopic (exact) mass is 122 g/mol. The Balaban J connectivity index is -0.00000000500. The van der Waals surface area contributed by atoms with E-state index >= 15 is 0 Å². The van der Waals surface area contributed by atoms with E-state index in [1.54, 1.807) is 0 Å². The fourth-order valence-corrected chi connectivity index (χ4v) is 0. The average molecular weight is 122 g/mol. The molecule has 0 aromatic rings. The molecule has 0 aromatic carbocycles. The molecular formula is H2ClMnNO. The van der Waals surface area contributed by atoms with Crippen LogP contribution in [-0.2, 0) is 17.1 Å². The Labute approximate surface area is 41.2 Å². The van der Waals surface area contributed by atoms with E-state index in [1.165, 1.54) is 0 Å². The summed E-state index contributed by atoms with van der Waals surface area (Å²) in [6, 6.07) is 0. The molecule has 0 bridgehead atoms. The van der Waals surface area contributed by atoms with Crippen LogP contribution in [-0.4, -0.2) is 0 Å². The molecule has 4 heavy (non-hydrogen) atoms. The van der Waals surface area contributed by atoms with Crippen molar-refractivity contribution < 1.29 is 29.5 Å². The van der Waals surface area contributed by atoms with E-state index in [2.05, 4.69) is 5.90 Å². The van der Waals surface area contributed by atoms with Crippen LogP contribution < -0.4 is 18.3 Å². The average Bonchev–Trinajstić information content (AvgIpc) is 1.00. The number of nitrogens with two attached hydrogens (primary N) is 1. The predicted molar refractivity (Wildman–Crippen MR) is 7.55 cm³/mol. The number of hydrogen-bond donors (Lipinski definition) is 1. The van der Waals surface area contributed by atoms with Gasteiger partial charge in [0, 0.05) is 0 Å². The molecule has 1 radical (unpaired) electrons. The Morgan fingerprint density at radius 1 is 1.25 bits per heavy atom. The van der Waals surface area contributed by atoms with Crippen LogP contribution in [0.3, 0.4) is 0 Å². The van der Waals surface area contributed by atoms with Crippen LogP contribution in [0.1, 0.15) is 0 Å². The van der Waals surface area contributed by atoms with E-state index in [4.69, 9.17) is 5.21 Å².